The van der Waals surface area contributed by atoms with Crippen LogP contribution in [0.2, 0.25) is 0 Å². The third kappa shape index (κ3) is 1.89. The molecule has 0 spiro atoms. The van der Waals surface area contributed by atoms with E-state index in [0.29, 0.717) is 6.04 Å². The lowest BCUT2D eigenvalue weighted by molar-refractivity contribution is 0.738. The monoisotopic (exact) mass is 230 g/mol. The molecule has 1 aromatic heterocycles. The van der Waals surface area contributed by atoms with Crippen molar-refractivity contribution in [3.63, 3.8) is 0 Å². The zero-order valence-corrected chi connectivity index (χ0v) is 9.94. The van der Waals surface area contributed by atoms with Crippen LogP contribution < -0.4 is 4.90 Å². The minimum atomic E-state index is 0.507. The number of anilines is 1. The lowest BCUT2D eigenvalue weighted by Crippen LogP contribution is -2.30. The van der Waals surface area contributed by atoms with E-state index in [1.54, 1.807) is 11.3 Å². The molecular weight excluding hydrogens is 216 g/mol. The Balaban J connectivity index is 2.13. The summed E-state index contributed by atoms with van der Waals surface area (Å²) in [7, 11) is 0. The van der Waals surface area contributed by atoms with E-state index in [2.05, 4.69) is 22.2 Å². The second-order valence-corrected chi connectivity index (χ2v) is 4.76. The van der Waals surface area contributed by atoms with E-state index in [1.807, 2.05) is 0 Å². The molecule has 0 radical (unpaired) electrons. The van der Waals surface area contributed by atoms with Crippen LogP contribution in [0.1, 0.15) is 25.5 Å². The van der Waals surface area contributed by atoms with E-state index in [0.717, 1.165) is 24.0 Å². The summed E-state index contributed by atoms with van der Waals surface area (Å²) in [6.45, 7) is 3.26. The molecule has 78 valence electrons. The Bertz CT molecular complexity index is 300. The molecule has 0 aromatic carbocycles. The van der Waals surface area contributed by atoms with Gasteiger partial charge in [0.05, 0.1) is 5.69 Å². The molecule has 0 saturated carbocycles. The first kappa shape index (κ1) is 10.2. The number of hydrogen-bond donors (Lipinski definition) is 0. The van der Waals surface area contributed by atoms with Gasteiger partial charge in [0, 0.05) is 23.8 Å². The molecule has 1 atom stereocenters. The van der Waals surface area contributed by atoms with Gasteiger partial charge in [-0.05, 0) is 19.3 Å². The van der Waals surface area contributed by atoms with E-state index >= 15 is 0 Å². The van der Waals surface area contributed by atoms with E-state index in [4.69, 9.17) is 11.6 Å². The maximum atomic E-state index is 5.93. The van der Waals surface area contributed by atoms with Gasteiger partial charge in [0.2, 0.25) is 0 Å². The maximum absolute atomic E-state index is 5.93. The third-order valence-corrected chi connectivity index (χ3v) is 3.99. The normalized spacial score (nSPS) is 21.9. The van der Waals surface area contributed by atoms with Crippen LogP contribution in [0.4, 0.5) is 5.13 Å². The lowest BCUT2D eigenvalue weighted by atomic mass is 10.2. The summed E-state index contributed by atoms with van der Waals surface area (Å²) in [5, 5.41) is 3.31. The molecule has 0 N–H and O–H groups in total. The molecule has 1 aliphatic rings. The van der Waals surface area contributed by atoms with Crippen LogP contribution in [0.3, 0.4) is 0 Å². The van der Waals surface area contributed by atoms with Crippen molar-refractivity contribution in [2.24, 2.45) is 0 Å². The van der Waals surface area contributed by atoms with Gasteiger partial charge >= 0.3 is 0 Å². The van der Waals surface area contributed by atoms with Crippen molar-refractivity contribution in [2.45, 2.75) is 32.2 Å². The van der Waals surface area contributed by atoms with Crippen molar-refractivity contribution in [1.82, 2.24) is 4.98 Å². The molecule has 0 bridgehead atoms. The van der Waals surface area contributed by atoms with Gasteiger partial charge in [0.25, 0.3) is 0 Å². The minimum Gasteiger partial charge on any atom is -0.344 e. The van der Waals surface area contributed by atoms with Gasteiger partial charge in [-0.1, -0.05) is 6.92 Å². The Morgan fingerprint density at radius 1 is 1.71 bits per heavy atom. The van der Waals surface area contributed by atoms with Crippen molar-refractivity contribution in [1.29, 1.82) is 0 Å². The molecular formula is C10H15ClN2S. The molecule has 2 rings (SSSR count). The fraction of sp³-hybridized carbons (Fsp3) is 0.700. The molecule has 0 amide bonds. The van der Waals surface area contributed by atoms with Crippen molar-refractivity contribution < 1.29 is 0 Å². The first-order valence-electron chi connectivity index (χ1n) is 5.12. The molecule has 1 fully saturated rings. The van der Waals surface area contributed by atoms with Crippen LogP contribution in [0, 0.1) is 0 Å². The number of rotatable bonds is 3. The average molecular weight is 231 g/mol. The fourth-order valence-electron chi connectivity index (χ4n) is 1.84. The zero-order valence-electron chi connectivity index (χ0n) is 8.37. The number of alkyl halides is 1. The quantitative estimate of drug-likeness (QED) is 0.743. The summed E-state index contributed by atoms with van der Waals surface area (Å²) < 4.78 is 0. The first-order valence-corrected chi connectivity index (χ1v) is 6.53. The largest absolute Gasteiger partial charge is 0.344 e. The number of aromatic nitrogens is 1. The van der Waals surface area contributed by atoms with Gasteiger partial charge in [-0.3, -0.25) is 0 Å². The Morgan fingerprint density at radius 2 is 2.57 bits per heavy atom. The van der Waals surface area contributed by atoms with Gasteiger partial charge < -0.3 is 4.90 Å². The predicted octanol–water partition coefficient (Wildman–Crippen LogP) is 2.91. The van der Waals surface area contributed by atoms with Gasteiger partial charge in [0.15, 0.2) is 5.13 Å². The van der Waals surface area contributed by atoms with Crippen molar-refractivity contribution in [3.05, 3.63) is 11.1 Å². The Kier molecular flexibility index (Phi) is 3.29. The Labute approximate surface area is 93.9 Å². The van der Waals surface area contributed by atoms with E-state index in [9.17, 15) is 0 Å². The number of hydrogen-bond acceptors (Lipinski definition) is 3. The van der Waals surface area contributed by atoms with E-state index < -0.39 is 0 Å². The summed E-state index contributed by atoms with van der Waals surface area (Å²) in [5.41, 5.74) is 1.20. The van der Waals surface area contributed by atoms with Crippen molar-refractivity contribution in [3.8, 4) is 0 Å². The SMILES string of the molecule is CCc1csc(N2CCCC2CCl)n1. The molecule has 4 heteroatoms. The highest BCUT2D eigenvalue weighted by Crippen LogP contribution is 2.29. The maximum Gasteiger partial charge on any atom is 0.185 e. The van der Waals surface area contributed by atoms with E-state index in [1.165, 1.54) is 18.5 Å². The van der Waals surface area contributed by atoms with Crippen LogP contribution in [-0.4, -0.2) is 23.5 Å². The second kappa shape index (κ2) is 4.49. The topological polar surface area (TPSA) is 16.1 Å². The number of aryl methyl sites for hydroxylation is 1. The molecule has 2 nitrogen and oxygen atoms in total. The molecule has 1 unspecified atom stereocenters. The fourth-order valence-corrected chi connectivity index (χ4v) is 3.17. The molecule has 14 heavy (non-hydrogen) atoms. The van der Waals surface area contributed by atoms with Crippen molar-refractivity contribution in [2.75, 3.05) is 17.3 Å². The second-order valence-electron chi connectivity index (χ2n) is 3.62. The highest BCUT2D eigenvalue weighted by Gasteiger charge is 2.25. The summed E-state index contributed by atoms with van der Waals surface area (Å²) in [4.78, 5) is 6.95. The lowest BCUT2D eigenvalue weighted by Gasteiger charge is -2.21. The molecule has 1 aromatic rings. The smallest absolute Gasteiger partial charge is 0.185 e. The Morgan fingerprint density at radius 3 is 3.21 bits per heavy atom. The van der Waals surface area contributed by atoms with Crippen LogP contribution in [0.25, 0.3) is 0 Å². The molecule has 1 aliphatic heterocycles. The minimum absolute atomic E-state index is 0.507. The van der Waals surface area contributed by atoms with E-state index in [-0.39, 0.29) is 0 Å². The van der Waals surface area contributed by atoms with Crippen molar-refractivity contribution >= 4 is 28.1 Å². The number of halogens is 1. The van der Waals surface area contributed by atoms with Crippen LogP contribution in [0.5, 0.6) is 0 Å². The molecule has 0 aliphatic carbocycles. The summed E-state index contributed by atoms with van der Waals surface area (Å²) in [6.07, 6.45) is 3.48. The first-order chi connectivity index (χ1) is 6.85. The van der Waals surface area contributed by atoms with Gasteiger partial charge in [-0.25, -0.2) is 4.98 Å². The number of thiazole rings is 1. The summed E-state index contributed by atoms with van der Waals surface area (Å²) >= 11 is 7.67. The highest BCUT2D eigenvalue weighted by molar-refractivity contribution is 7.13. The molecule has 1 saturated heterocycles. The van der Waals surface area contributed by atoms with Crippen LogP contribution >= 0.6 is 22.9 Å². The Hall–Kier alpha value is -0.280. The van der Waals surface area contributed by atoms with Crippen LogP contribution in [-0.2, 0) is 6.42 Å². The zero-order chi connectivity index (χ0) is 9.97. The van der Waals surface area contributed by atoms with Gasteiger partial charge in [-0.2, -0.15) is 0 Å². The van der Waals surface area contributed by atoms with Crippen LogP contribution in [0.15, 0.2) is 5.38 Å². The standard InChI is InChI=1S/C10H15ClN2S/c1-2-8-7-14-10(12-8)13-5-3-4-9(13)6-11/h7,9H,2-6H2,1H3. The average Bonchev–Trinajstić information content (AvgIpc) is 2.85. The predicted molar refractivity (Wildman–Crippen MR) is 62.6 cm³/mol. The third-order valence-electron chi connectivity index (χ3n) is 2.70. The highest BCUT2D eigenvalue weighted by atomic mass is 35.5. The summed E-state index contributed by atoms with van der Waals surface area (Å²) in [6, 6.07) is 0.507. The summed E-state index contributed by atoms with van der Waals surface area (Å²) in [5.74, 6) is 0.723. The van der Waals surface area contributed by atoms with Gasteiger partial charge in [0.1, 0.15) is 0 Å². The molecule has 2 heterocycles. The van der Waals surface area contributed by atoms with Gasteiger partial charge in [-0.15, -0.1) is 22.9 Å². The number of nitrogens with zero attached hydrogens (tertiary/aromatic N) is 2.